The number of esters is 1. The summed E-state index contributed by atoms with van der Waals surface area (Å²) in [7, 11) is 0. The maximum absolute atomic E-state index is 11.9. The number of halogens is 3. The molecule has 17 heavy (non-hydrogen) atoms. The van der Waals surface area contributed by atoms with Gasteiger partial charge in [0, 0.05) is 5.54 Å². The van der Waals surface area contributed by atoms with Crippen LogP contribution in [0.3, 0.4) is 0 Å². The molecule has 0 atom stereocenters. The summed E-state index contributed by atoms with van der Waals surface area (Å²) in [5.74, 6) is -1.63. The molecule has 0 aliphatic carbocycles. The topological polar surface area (TPSA) is 38.3 Å². The molecule has 0 heterocycles. The highest BCUT2D eigenvalue weighted by molar-refractivity contribution is 5.75. The van der Waals surface area contributed by atoms with Crippen LogP contribution >= 0.6 is 0 Å². The van der Waals surface area contributed by atoms with Gasteiger partial charge in [-0.05, 0) is 32.7 Å². The minimum absolute atomic E-state index is 0.302. The predicted molar refractivity (Wildman–Crippen MR) is 58.6 cm³/mol. The number of nitrogens with one attached hydrogen (secondary N) is 1. The monoisotopic (exact) mass is 255 g/mol. The molecule has 1 N–H and O–H groups in total. The summed E-state index contributed by atoms with van der Waals surface area (Å²) in [4.78, 5) is 10.5. The normalized spacial score (nSPS) is 12.9. The molecule has 0 aromatic carbocycles. The summed E-state index contributed by atoms with van der Waals surface area (Å²) in [6.45, 7) is 7.86. The quantitative estimate of drug-likeness (QED) is 0.741. The fraction of sp³-hybridized carbons (Fsp3) is 0.909. The first-order valence-electron chi connectivity index (χ1n) is 5.53. The molecule has 3 nitrogen and oxygen atoms in total. The Labute approximate surface area is 99.7 Å². The molecule has 0 radical (unpaired) electrons. The van der Waals surface area contributed by atoms with Crippen molar-refractivity contribution < 1.29 is 22.7 Å². The van der Waals surface area contributed by atoms with E-state index in [0.717, 1.165) is 6.42 Å². The third-order valence-corrected chi connectivity index (χ3v) is 2.12. The first kappa shape index (κ1) is 16.2. The first-order valence-corrected chi connectivity index (χ1v) is 5.53. The van der Waals surface area contributed by atoms with Gasteiger partial charge in [-0.25, -0.2) is 4.79 Å². The molecule has 0 aliphatic rings. The lowest BCUT2D eigenvalue weighted by atomic mass is 10.1. The number of hydrogen-bond acceptors (Lipinski definition) is 3. The molecule has 0 spiro atoms. The predicted octanol–water partition coefficient (Wildman–Crippen LogP) is 2.51. The van der Waals surface area contributed by atoms with Crippen molar-refractivity contribution >= 4 is 5.97 Å². The molecule has 0 aromatic rings. The Morgan fingerprint density at radius 1 is 1.29 bits per heavy atom. The van der Waals surface area contributed by atoms with Gasteiger partial charge in [-0.1, -0.05) is 13.8 Å². The molecule has 0 fully saturated rings. The van der Waals surface area contributed by atoms with Crippen molar-refractivity contribution in [3.63, 3.8) is 0 Å². The van der Waals surface area contributed by atoms with Crippen LogP contribution in [0.25, 0.3) is 0 Å². The van der Waals surface area contributed by atoms with Gasteiger partial charge in [0.25, 0.3) is 0 Å². The molecule has 0 amide bonds. The van der Waals surface area contributed by atoms with Crippen molar-refractivity contribution in [2.75, 3.05) is 13.2 Å². The second-order valence-electron chi connectivity index (χ2n) is 5.07. The zero-order valence-electron chi connectivity index (χ0n) is 10.6. The zero-order chi connectivity index (χ0) is 13.7. The maximum Gasteiger partial charge on any atom is 0.490 e. The fourth-order valence-electron chi connectivity index (χ4n) is 1.08. The Kier molecular flexibility index (Phi) is 5.95. The van der Waals surface area contributed by atoms with E-state index in [9.17, 15) is 18.0 Å². The molecule has 0 saturated heterocycles. The lowest BCUT2D eigenvalue weighted by molar-refractivity contribution is -0.201. The maximum atomic E-state index is 11.9. The molecule has 0 aliphatic heterocycles. The van der Waals surface area contributed by atoms with Gasteiger partial charge in [0.15, 0.2) is 0 Å². The van der Waals surface area contributed by atoms with Crippen molar-refractivity contribution in [3.05, 3.63) is 0 Å². The standard InChI is InChI=1S/C11H20F3NO2/c1-8(2)5-6-15-10(3,4)7-17-9(16)11(12,13)14/h8,15H,5-7H2,1-4H3. The molecule has 102 valence electrons. The first-order chi connectivity index (χ1) is 7.54. The Morgan fingerprint density at radius 3 is 2.24 bits per heavy atom. The summed E-state index contributed by atoms with van der Waals surface area (Å²) in [6, 6.07) is 0. The highest BCUT2D eigenvalue weighted by atomic mass is 19.4. The summed E-state index contributed by atoms with van der Waals surface area (Å²) in [5, 5.41) is 3.05. The second-order valence-corrected chi connectivity index (χ2v) is 5.07. The van der Waals surface area contributed by atoms with E-state index in [1.165, 1.54) is 0 Å². The van der Waals surface area contributed by atoms with E-state index in [1.807, 2.05) is 0 Å². The summed E-state index contributed by atoms with van der Waals surface area (Å²) >= 11 is 0. The molecule has 0 aromatic heterocycles. The summed E-state index contributed by atoms with van der Waals surface area (Å²) in [6.07, 6.45) is -4.01. The van der Waals surface area contributed by atoms with E-state index in [2.05, 4.69) is 23.9 Å². The van der Waals surface area contributed by atoms with Crippen LogP contribution in [-0.2, 0) is 9.53 Å². The minimum atomic E-state index is -4.92. The van der Waals surface area contributed by atoms with Crippen molar-refractivity contribution in [2.24, 2.45) is 5.92 Å². The number of carbonyl (C=O) groups excluding carboxylic acids is 1. The van der Waals surface area contributed by atoms with E-state index in [4.69, 9.17) is 0 Å². The van der Waals surface area contributed by atoms with Crippen LogP contribution in [0.2, 0.25) is 0 Å². The molecular formula is C11H20F3NO2. The van der Waals surface area contributed by atoms with E-state index in [0.29, 0.717) is 12.5 Å². The lowest BCUT2D eigenvalue weighted by Crippen LogP contribution is -2.45. The number of carbonyl (C=O) groups is 1. The average Bonchev–Trinajstić information content (AvgIpc) is 2.11. The third kappa shape index (κ3) is 8.01. The van der Waals surface area contributed by atoms with Crippen LogP contribution < -0.4 is 5.32 Å². The van der Waals surface area contributed by atoms with Gasteiger partial charge in [-0.15, -0.1) is 0 Å². The van der Waals surface area contributed by atoms with Gasteiger partial charge in [0.2, 0.25) is 0 Å². The van der Waals surface area contributed by atoms with Gasteiger partial charge < -0.3 is 10.1 Å². The molecule has 0 unspecified atom stereocenters. The van der Waals surface area contributed by atoms with E-state index < -0.39 is 17.7 Å². The lowest BCUT2D eigenvalue weighted by Gasteiger charge is -2.26. The van der Waals surface area contributed by atoms with Crippen LogP contribution in [0.4, 0.5) is 13.2 Å². The number of ether oxygens (including phenoxy) is 1. The molecule has 6 heteroatoms. The zero-order valence-corrected chi connectivity index (χ0v) is 10.6. The van der Waals surface area contributed by atoms with Crippen LogP contribution in [0.15, 0.2) is 0 Å². The fourth-order valence-corrected chi connectivity index (χ4v) is 1.08. The smallest absolute Gasteiger partial charge is 0.457 e. The Balaban J connectivity index is 3.97. The third-order valence-electron chi connectivity index (χ3n) is 2.12. The SMILES string of the molecule is CC(C)CCNC(C)(C)COC(=O)C(F)(F)F. The van der Waals surface area contributed by atoms with E-state index in [-0.39, 0.29) is 6.61 Å². The van der Waals surface area contributed by atoms with Gasteiger partial charge in [0.1, 0.15) is 6.61 Å². The van der Waals surface area contributed by atoms with Gasteiger partial charge in [0.05, 0.1) is 0 Å². The summed E-state index contributed by atoms with van der Waals surface area (Å²) < 4.78 is 39.9. The molecule has 0 saturated carbocycles. The number of hydrogen-bond donors (Lipinski definition) is 1. The average molecular weight is 255 g/mol. The van der Waals surface area contributed by atoms with E-state index >= 15 is 0 Å². The Hall–Kier alpha value is -0.780. The second kappa shape index (κ2) is 6.23. The largest absolute Gasteiger partial charge is 0.490 e. The highest BCUT2D eigenvalue weighted by Crippen LogP contribution is 2.17. The molecule has 0 rings (SSSR count). The number of rotatable bonds is 6. The number of alkyl halides is 3. The molecular weight excluding hydrogens is 235 g/mol. The van der Waals surface area contributed by atoms with E-state index in [1.54, 1.807) is 13.8 Å². The van der Waals surface area contributed by atoms with Crippen molar-refractivity contribution in [1.29, 1.82) is 0 Å². The van der Waals surface area contributed by atoms with Gasteiger partial charge >= 0.3 is 12.1 Å². The minimum Gasteiger partial charge on any atom is -0.457 e. The Morgan fingerprint density at radius 2 is 1.82 bits per heavy atom. The van der Waals surface area contributed by atoms with Crippen LogP contribution in [0, 0.1) is 5.92 Å². The van der Waals surface area contributed by atoms with Crippen LogP contribution in [0.5, 0.6) is 0 Å². The van der Waals surface area contributed by atoms with Crippen LogP contribution in [0.1, 0.15) is 34.1 Å². The molecule has 0 bridgehead atoms. The summed E-state index contributed by atoms with van der Waals surface area (Å²) in [5.41, 5.74) is -0.657. The highest BCUT2D eigenvalue weighted by Gasteiger charge is 2.41. The van der Waals surface area contributed by atoms with Gasteiger partial charge in [-0.3, -0.25) is 0 Å². The van der Waals surface area contributed by atoms with Crippen molar-refractivity contribution in [1.82, 2.24) is 5.32 Å². The van der Waals surface area contributed by atoms with Crippen LogP contribution in [-0.4, -0.2) is 30.8 Å². The van der Waals surface area contributed by atoms with Crippen molar-refractivity contribution in [3.8, 4) is 0 Å². The Bertz CT molecular complexity index is 250. The van der Waals surface area contributed by atoms with Gasteiger partial charge in [-0.2, -0.15) is 13.2 Å². The van der Waals surface area contributed by atoms with Crippen molar-refractivity contribution in [2.45, 2.75) is 45.8 Å².